The number of ether oxygens (including phenoxy) is 2. The second-order valence-electron chi connectivity index (χ2n) is 6.22. The fourth-order valence-corrected chi connectivity index (χ4v) is 3.52. The molecule has 3 aliphatic heterocycles. The van der Waals surface area contributed by atoms with Crippen LogP contribution in [-0.2, 0) is 19.1 Å². The average molecular weight is 466 g/mol. The summed E-state index contributed by atoms with van der Waals surface area (Å²) in [6.07, 6.45) is -3.12. The van der Waals surface area contributed by atoms with E-state index in [0.717, 1.165) is 19.0 Å². The fraction of sp³-hybridized carbons (Fsp3) is 0.533. The lowest BCUT2D eigenvalue weighted by molar-refractivity contribution is -0.769. The summed E-state index contributed by atoms with van der Waals surface area (Å²) in [6, 6.07) is 5.33. The van der Waals surface area contributed by atoms with Gasteiger partial charge < -0.3 is 29.8 Å². The second kappa shape index (κ2) is 9.93. The van der Waals surface area contributed by atoms with E-state index in [1.54, 1.807) is 18.2 Å². The lowest BCUT2D eigenvalue weighted by Crippen LogP contribution is -2.35. The first-order valence-electron chi connectivity index (χ1n) is 8.71. The molecule has 0 spiro atoms. The van der Waals surface area contributed by atoms with Gasteiger partial charge in [-0.1, -0.05) is 29.3 Å². The predicted octanol–water partition coefficient (Wildman–Crippen LogP) is 1.11. The average Bonchev–Trinajstić information content (AvgIpc) is 3.39. The molecule has 2 N–H and O–H groups in total. The normalized spacial score (nSPS) is 26.5. The zero-order valence-corrected chi connectivity index (χ0v) is 16.7. The van der Waals surface area contributed by atoms with Gasteiger partial charge in [0.2, 0.25) is 0 Å². The van der Waals surface area contributed by atoms with Gasteiger partial charge >= 0.3 is 0 Å². The number of nitrogens with zero attached hydrogens (tertiary/aromatic N) is 3. The van der Waals surface area contributed by atoms with Gasteiger partial charge in [-0.05, 0) is 12.1 Å². The van der Waals surface area contributed by atoms with Gasteiger partial charge in [-0.25, -0.2) is 4.99 Å². The highest BCUT2D eigenvalue weighted by atomic mass is 35.5. The van der Waals surface area contributed by atoms with E-state index in [9.17, 15) is 20.2 Å². The van der Waals surface area contributed by atoms with Crippen LogP contribution in [0.5, 0.6) is 0 Å². The van der Waals surface area contributed by atoms with E-state index in [-0.39, 0.29) is 13.2 Å². The highest BCUT2D eigenvalue weighted by Gasteiger charge is 2.51. The van der Waals surface area contributed by atoms with Crippen LogP contribution in [0.3, 0.4) is 0 Å². The Hall–Kier alpha value is -2.61. The molecular formula is C15H17Cl2N5O8. The fourth-order valence-electron chi connectivity index (χ4n) is 3.04. The molecule has 3 saturated heterocycles. The molecule has 164 valence electrons. The van der Waals surface area contributed by atoms with Gasteiger partial charge in [0.25, 0.3) is 10.2 Å². The molecule has 1 aromatic carbocycles. The van der Waals surface area contributed by atoms with E-state index in [0.29, 0.717) is 15.7 Å². The zero-order chi connectivity index (χ0) is 21.7. The van der Waals surface area contributed by atoms with Crippen molar-refractivity contribution >= 4 is 34.8 Å². The number of nitrogens with one attached hydrogen (secondary N) is 2. The van der Waals surface area contributed by atoms with E-state index >= 15 is 0 Å². The van der Waals surface area contributed by atoms with Crippen LogP contribution in [0.15, 0.2) is 23.2 Å². The van der Waals surface area contributed by atoms with Gasteiger partial charge in [-0.15, -0.1) is 20.2 Å². The van der Waals surface area contributed by atoms with Crippen LogP contribution in [0.2, 0.25) is 10.0 Å². The molecule has 3 fully saturated rings. The summed E-state index contributed by atoms with van der Waals surface area (Å²) in [5.41, 5.74) is 0.604. The van der Waals surface area contributed by atoms with Gasteiger partial charge in [0, 0.05) is 13.1 Å². The predicted molar refractivity (Wildman–Crippen MR) is 103 cm³/mol. The minimum absolute atomic E-state index is 0.0477. The molecule has 0 aromatic heterocycles. The van der Waals surface area contributed by atoms with Crippen molar-refractivity contribution in [2.75, 3.05) is 26.3 Å². The number of hydrogen-bond donors (Lipinski definition) is 2. The molecule has 13 nitrogen and oxygen atoms in total. The maximum atomic E-state index is 10.1. The number of rotatable bonds is 5. The van der Waals surface area contributed by atoms with E-state index in [2.05, 4.69) is 25.3 Å². The number of guanidine groups is 1. The second-order valence-corrected chi connectivity index (χ2v) is 7.03. The molecule has 0 amide bonds. The molecule has 30 heavy (non-hydrogen) atoms. The molecule has 0 aliphatic carbocycles. The van der Waals surface area contributed by atoms with Crippen LogP contribution in [0, 0.1) is 20.2 Å². The summed E-state index contributed by atoms with van der Waals surface area (Å²) >= 11 is 11.9. The number of halogens is 2. The van der Waals surface area contributed by atoms with Gasteiger partial charge in [0.15, 0.2) is 18.2 Å². The number of hydrogen-bond acceptors (Lipinski definition) is 9. The number of aliphatic imine (C=N–C) groups is 1. The molecule has 3 heterocycles. The summed E-state index contributed by atoms with van der Waals surface area (Å²) in [5.74, 6) is 0.722. The highest BCUT2D eigenvalue weighted by Crippen LogP contribution is 2.32. The zero-order valence-electron chi connectivity index (χ0n) is 15.2. The molecular weight excluding hydrogens is 449 g/mol. The summed E-state index contributed by atoms with van der Waals surface area (Å²) < 4.78 is 10.2. The van der Waals surface area contributed by atoms with E-state index in [4.69, 9.17) is 32.7 Å². The molecule has 4 rings (SSSR count). The molecule has 0 unspecified atom stereocenters. The van der Waals surface area contributed by atoms with Crippen molar-refractivity contribution in [2.24, 2.45) is 4.99 Å². The first kappa shape index (κ1) is 22.1. The van der Waals surface area contributed by atoms with Crippen LogP contribution in [-0.4, -0.2) is 66.9 Å². The van der Waals surface area contributed by atoms with Gasteiger partial charge in [-0.2, -0.15) is 0 Å². The van der Waals surface area contributed by atoms with Crippen LogP contribution >= 0.6 is 23.2 Å². The third-order valence-electron chi connectivity index (χ3n) is 4.28. The molecule has 15 heteroatoms. The largest absolute Gasteiger partial charge is 0.371 e. The number of benzene rings is 1. The Morgan fingerprint density at radius 2 is 1.43 bits per heavy atom. The molecule has 1 aromatic rings. The third-order valence-corrected chi connectivity index (χ3v) is 4.89. The first-order valence-corrected chi connectivity index (χ1v) is 9.46. The topological polar surface area (TPSA) is 160 Å². The molecule has 3 aliphatic rings. The van der Waals surface area contributed by atoms with E-state index in [1.165, 1.54) is 0 Å². The summed E-state index contributed by atoms with van der Waals surface area (Å²) in [5, 5.41) is 25.7. The minimum atomic E-state index is -0.943. The van der Waals surface area contributed by atoms with Crippen LogP contribution in [0.1, 0.15) is 0 Å². The van der Waals surface area contributed by atoms with Crippen molar-refractivity contribution in [2.45, 2.75) is 24.4 Å². The van der Waals surface area contributed by atoms with E-state index < -0.39 is 34.6 Å². The Balaban J connectivity index is 0.000000172. The van der Waals surface area contributed by atoms with Crippen LogP contribution < -0.4 is 10.6 Å². The highest BCUT2D eigenvalue weighted by molar-refractivity contribution is 6.38. The van der Waals surface area contributed by atoms with Crippen molar-refractivity contribution in [1.29, 1.82) is 0 Å². The van der Waals surface area contributed by atoms with E-state index in [1.807, 2.05) is 0 Å². The van der Waals surface area contributed by atoms with Crippen LogP contribution in [0.4, 0.5) is 5.69 Å². The Morgan fingerprint density at radius 1 is 0.967 bits per heavy atom. The van der Waals surface area contributed by atoms with Crippen molar-refractivity contribution in [3.8, 4) is 0 Å². The molecule has 0 saturated carbocycles. The van der Waals surface area contributed by atoms with Crippen molar-refractivity contribution in [3.05, 3.63) is 48.5 Å². The molecule has 0 bridgehead atoms. The van der Waals surface area contributed by atoms with Crippen LogP contribution in [0.25, 0.3) is 0 Å². The smallest absolute Gasteiger partial charge is 0.294 e. The Kier molecular flexibility index (Phi) is 7.31. The minimum Gasteiger partial charge on any atom is -0.371 e. The SMILES string of the molecule is Clc1cccc(Cl)c1N=C1NCCN1.O=[N+]([O-])O[C@H]1CO[C@H]2[C@@H]1OC[C@H]2O[N+](=O)[O-]. The number of para-hydroxylation sites is 1. The summed E-state index contributed by atoms with van der Waals surface area (Å²) in [4.78, 5) is 33.2. The standard InChI is InChI=1S/C9H9Cl2N3.C6H8N2O8/c10-6-2-1-3-7(11)8(6)14-9-12-4-5-13-9;9-7(10)15-3-1-13-6-4(16-8(11)12)2-14-5(3)6/h1-3H,4-5H2,(H2,12,13,14);3-6H,1-2H2/t;3-,4+,5-,6-/m.1/s1. The van der Waals surface area contributed by atoms with Crippen molar-refractivity contribution in [1.82, 2.24) is 10.6 Å². The molecule has 0 radical (unpaired) electrons. The summed E-state index contributed by atoms with van der Waals surface area (Å²) in [7, 11) is 0. The molecule has 4 atom stereocenters. The quantitative estimate of drug-likeness (QED) is 0.475. The lowest BCUT2D eigenvalue weighted by Gasteiger charge is -2.13. The van der Waals surface area contributed by atoms with Gasteiger partial charge in [-0.3, -0.25) is 0 Å². The van der Waals surface area contributed by atoms with Gasteiger partial charge in [0.1, 0.15) is 17.9 Å². The van der Waals surface area contributed by atoms with Gasteiger partial charge in [0.05, 0.1) is 23.3 Å². The Labute approximate surface area is 179 Å². The maximum absolute atomic E-state index is 10.1. The Bertz CT molecular complexity index is 770. The summed E-state index contributed by atoms with van der Waals surface area (Å²) in [6.45, 7) is 1.66. The van der Waals surface area contributed by atoms with Crippen molar-refractivity contribution < 1.29 is 29.3 Å². The Morgan fingerprint density at radius 3 is 1.87 bits per heavy atom. The maximum Gasteiger partial charge on any atom is 0.294 e. The monoisotopic (exact) mass is 465 g/mol. The number of fused-ring (bicyclic) bond motifs is 1. The third kappa shape index (κ3) is 5.50. The lowest BCUT2D eigenvalue weighted by atomic mass is 10.1. The van der Waals surface area contributed by atoms with Crippen molar-refractivity contribution in [3.63, 3.8) is 0 Å². The first-order chi connectivity index (χ1) is 14.3.